The van der Waals surface area contributed by atoms with Crippen molar-refractivity contribution in [2.24, 2.45) is 0 Å². The average Bonchev–Trinajstić information content (AvgIpc) is 2.31. The molecule has 0 atom stereocenters. The quantitative estimate of drug-likeness (QED) is 0.706. The van der Waals surface area contributed by atoms with Gasteiger partial charge in [0.1, 0.15) is 0 Å². The van der Waals surface area contributed by atoms with Crippen LogP contribution in [0.25, 0.3) is 10.8 Å². The standard InChI is InChI=1S/C11H11N3O2/c1-2-6-12-8-5-3-4-7-9(8)11(16)14-13-10(7)15/h2-6,12H,1H3,(H,13,15)(H,14,16). The Morgan fingerprint density at radius 2 is 1.94 bits per heavy atom. The van der Waals surface area contributed by atoms with Crippen molar-refractivity contribution in [2.45, 2.75) is 6.92 Å². The van der Waals surface area contributed by atoms with Gasteiger partial charge in [0.25, 0.3) is 11.1 Å². The Bertz CT molecular complexity index is 652. The molecule has 16 heavy (non-hydrogen) atoms. The molecule has 1 heterocycles. The lowest BCUT2D eigenvalue weighted by molar-refractivity contribution is 0.977. The van der Waals surface area contributed by atoms with Crippen molar-refractivity contribution in [1.82, 2.24) is 10.2 Å². The number of hydrogen-bond acceptors (Lipinski definition) is 3. The molecule has 0 spiro atoms. The van der Waals surface area contributed by atoms with E-state index in [1.165, 1.54) is 0 Å². The minimum Gasteiger partial charge on any atom is -0.361 e. The monoisotopic (exact) mass is 217 g/mol. The average molecular weight is 217 g/mol. The summed E-state index contributed by atoms with van der Waals surface area (Å²) >= 11 is 0. The topological polar surface area (TPSA) is 77.8 Å². The Kier molecular flexibility index (Phi) is 2.59. The number of H-pyrrole nitrogens is 2. The number of aromatic amines is 2. The highest BCUT2D eigenvalue weighted by molar-refractivity contribution is 5.92. The van der Waals surface area contributed by atoms with E-state index < -0.39 is 0 Å². The van der Waals surface area contributed by atoms with Crippen molar-refractivity contribution in [3.05, 3.63) is 51.2 Å². The zero-order valence-corrected chi connectivity index (χ0v) is 8.70. The molecule has 0 aliphatic carbocycles. The van der Waals surface area contributed by atoms with Gasteiger partial charge in [-0.25, -0.2) is 0 Å². The van der Waals surface area contributed by atoms with Gasteiger partial charge in [0.2, 0.25) is 0 Å². The van der Waals surface area contributed by atoms with Gasteiger partial charge < -0.3 is 5.32 Å². The van der Waals surface area contributed by atoms with E-state index >= 15 is 0 Å². The number of anilines is 1. The van der Waals surface area contributed by atoms with Gasteiger partial charge in [0, 0.05) is 0 Å². The minimum atomic E-state index is -0.317. The third-order valence-corrected chi connectivity index (χ3v) is 2.23. The molecular weight excluding hydrogens is 206 g/mol. The summed E-state index contributed by atoms with van der Waals surface area (Å²) in [6.45, 7) is 1.86. The molecule has 0 aliphatic heterocycles. The molecule has 0 saturated heterocycles. The Morgan fingerprint density at radius 1 is 1.19 bits per heavy atom. The molecule has 3 N–H and O–H groups in total. The highest BCUT2D eigenvalue weighted by Crippen LogP contribution is 2.16. The van der Waals surface area contributed by atoms with Crippen molar-refractivity contribution in [3.63, 3.8) is 0 Å². The second kappa shape index (κ2) is 4.06. The Balaban J connectivity index is 2.81. The van der Waals surface area contributed by atoms with E-state index in [-0.39, 0.29) is 11.1 Å². The molecule has 1 aromatic carbocycles. The molecule has 0 radical (unpaired) electrons. The fourth-order valence-electron chi connectivity index (χ4n) is 1.52. The third-order valence-electron chi connectivity index (χ3n) is 2.23. The van der Waals surface area contributed by atoms with Crippen LogP contribution in [0.4, 0.5) is 5.69 Å². The molecule has 0 aliphatic rings. The predicted octanol–water partition coefficient (Wildman–Crippen LogP) is 1.16. The summed E-state index contributed by atoms with van der Waals surface area (Å²) in [5, 5.41) is 8.28. The number of aromatic nitrogens is 2. The maximum Gasteiger partial charge on any atom is 0.272 e. The third kappa shape index (κ3) is 1.63. The fourth-order valence-corrected chi connectivity index (χ4v) is 1.52. The SMILES string of the molecule is CC=CNc1cccc2c(=O)[nH][nH]c(=O)c12. The normalized spacial score (nSPS) is 11.1. The van der Waals surface area contributed by atoms with E-state index in [1.807, 2.05) is 6.92 Å². The molecule has 0 amide bonds. The van der Waals surface area contributed by atoms with Crippen LogP contribution in [0.3, 0.4) is 0 Å². The summed E-state index contributed by atoms with van der Waals surface area (Å²) in [5.41, 5.74) is -0.0103. The van der Waals surface area contributed by atoms with Gasteiger partial charge in [0.15, 0.2) is 0 Å². The first-order chi connectivity index (χ1) is 7.74. The van der Waals surface area contributed by atoms with E-state index in [0.717, 1.165) is 0 Å². The van der Waals surface area contributed by atoms with E-state index in [0.29, 0.717) is 16.5 Å². The van der Waals surface area contributed by atoms with Gasteiger partial charge >= 0.3 is 0 Å². The van der Waals surface area contributed by atoms with E-state index in [4.69, 9.17) is 0 Å². The first kappa shape index (κ1) is 10.2. The van der Waals surface area contributed by atoms with Gasteiger partial charge in [-0.1, -0.05) is 12.1 Å². The van der Waals surface area contributed by atoms with Crippen LogP contribution in [-0.4, -0.2) is 10.2 Å². The molecule has 5 heteroatoms. The van der Waals surface area contributed by atoms with Crippen LogP contribution in [0.1, 0.15) is 6.92 Å². The van der Waals surface area contributed by atoms with Crippen molar-refractivity contribution in [1.29, 1.82) is 0 Å². The summed E-state index contributed by atoms with van der Waals surface area (Å²) in [5.74, 6) is 0. The van der Waals surface area contributed by atoms with Gasteiger partial charge in [-0.3, -0.25) is 19.8 Å². The molecule has 0 unspecified atom stereocenters. The fraction of sp³-hybridized carbons (Fsp3) is 0.0909. The van der Waals surface area contributed by atoms with E-state index in [2.05, 4.69) is 15.5 Å². The molecule has 0 fully saturated rings. The Hall–Kier alpha value is -2.30. The van der Waals surface area contributed by atoms with Crippen molar-refractivity contribution < 1.29 is 0 Å². The van der Waals surface area contributed by atoms with E-state index in [9.17, 15) is 9.59 Å². The largest absolute Gasteiger partial charge is 0.361 e. The zero-order valence-electron chi connectivity index (χ0n) is 8.70. The first-order valence-corrected chi connectivity index (χ1v) is 4.85. The Labute approximate surface area is 90.8 Å². The van der Waals surface area contributed by atoms with Gasteiger partial charge in [-0.15, -0.1) is 0 Å². The predicted molar refractivity (Wildman–Crippen MR) is 63.6 cm³/mol. The highest BCUT2D eigenvalue weighted by Gasteiger charge is 2.06. The van der Waals surface area contributed by atoms with Gasteiger partial charge in [0.05, 0.1) is 16.5 Å². The van der Waals surface area contributed by atoms with E-state index in [1.54, 1.807) is 30.5 Å². The van der Waals surface area contributed by atoms with Crippen molar-refractivity contribution in [2.75, 3.05) is 5.32 Å². The van der Waals surface area contributed by atoms with Crippen LogP contribution in [0.15, 0.2) is 40.1 Å². The minimum absolute atomic E-state index is 0.307. The maximum absolute atomic E-state index is 11.6. The number of rotatable bonds is 2. The van der Waals surface area contributed by atoms with Crippen LogP contribution in [-0.2, 0) is 0 Å². The summed E-state index contributed by atoms with van der Waals surface area (Å²) in [7, 11) is 0. The second-order valence-corrected chi connectivity index (χ2v) is 3.28. The van der Waals surface area contributed by atoms with Crippen LogP contribution < -0.4 is 16.4 Å². The van der Waals surface area contributed by atoms with Gasteiger partial charge in [-0.05, 0) is 25.3 Å². The summed E-state index contributed by atoms with van der Waals surface area (Å²) in [6.07, 6.45) is 3.51. The molecular formula is C11H11N3O2. The summed E-state index contributed by atoms with van der Waals surface area (Å²) in [6, 6.07) is 5.09. The molecule has 5 nitrogen and oxygen atoms in total. The lowest BCUT2D eigenvalue weighted by atomic mass is 10.1. The number of benzene rings is 1. The number of nitrogens with one attached hydrogen (secondary N) is 3. The van der Waals surface area contributed by atoms with Crippen LogP contribution in [0.2, 0.25) is 0 Å². The second-order valence-electron chi connectivity index (χ2n) is 3.28. The molecule has 2 rings (SSSR count). The molecule has 0 bridgehead atoms. The highest BCUT2D eigenvalue weighted by atomic mass is 16.1. The lowest BCUT2D eigenvalue weighted by Crippen LogP contribution is -2.19. The summed E-state index contributed by atoms with van der Waals surface area (Å²) < 4.78 is 0. The van der Waals surface area contributed by atoms with Gasteiger partial charge in [-0.2, -0.15) is 0 Å². The number of hydrogen-bond donors (Lipinski definition) is 3. The Morgan fingerprint density at radius 3 is 2.69 bits per heavy atom. The van der Waals surface area contributed by atoms with Crippen LogP contribution in [0.5, 0.6) is 0 Å². The number of fused-ring (bicyclic) bond motifs is 1. The zero-order chi connectivity index (χ0) is 11.5. The number of allylic oxidation sites excluding steroid dienone is 1. The first-order valence-electron chi connectivity index (χ1n) is 4.85. The molecule has 2 aromatic rings. The lowest BCUT2D eigenvalue weighted by Gasteiger charge is -2.03. The van der Waals surface area contributed by atoms with Crippen molar-refractivity contribution >= 4 is 16.5 Å². The molecule has 1 aromatic heterocycles. The van der Waals surface area contributed by atoms with Crippen LogP contribution >= 0.6 is 0 Å². The maximum atomic E-state index is 11.6. The smallest absolute Gasteiger partial charge is 0.272 e. The molecule has 0 saturated carbocycles. The summed E-state index contributed by atoms with van der Waals surface area (Å²) in [4.78, 5) is 23.1. The van der Waals surface area contributed by atoms with Crippen LogP contribution in [0, 0.1) is 0 Å². The van der Waals surface area contributed by atoms with Crippen molar-refractivity contribution in [3.8, 4) is 0 Å². The molecule has 82 valence electrons.